The first kappa shape index (κ1) is 8.75. The Morgan fingerprint density at radius 2 is 2.31 bits per heavy atom. The number of hydrogen-bond acceptors (Lipinski definition) is 2. The zero-order valence-electron chi connectivity index (χ0n) is 8.59. The summed E-state index contributed by atoms with van der Waals surface area (Å²) in [5.74, 6) is 0. The first-order valence-electron chi connectivity index (χ1n) is 4.93. The van der Waals surface area contributed by atoms with Crippen LogP contribution in [0.4, 0.5) is 0 Å². The molecule has 0 aliphatic heterocycles. The normalized spacial score (nSPS) is 21.6. The maximum absolute atomic E-state index is 4.53. The largest absolute Gasteiger partial charge is 0.313 e. The van der Waals surface area contributed by atoms with Gasteiger partial charge in [-0.2, -0.15) is 5.10 Å². The van der Waals surface area contributed by atoms with Crippen LogP contribution in [0.5, 0.6) is 0 Å². The highest BCUT2D eigenvalue weighted by atomic mass is 15.3. The van der Waals surface area contributed by atoms with Crippen LogP contribution >= 0.6 is 0 Å². The van der Waals surface area contributed by atoms with Crippen LogP contribution in [0.1, 0.15) is 35.8 Å². The van der Waals surface area contributed by atoms with Gasteiger partial charge in [0.15, 0.2) is 0 Å². The molecule has 13 heavy (non-hydrogen) atoms. The van der Waals surface area contributed by atoms with Crippen molar-refractivity contribution in [3.05, 3.63) is 17.0 Å². The zero-order valence-corrected chi connectivity index (χ0v) is 8.59. The van der Waals surface area contributed by atoms with Crippen LogP contribution in [-0.2, 0) is 13.5 Å². The molecule has 1 aliphatic rings. The highest BCUT2D eigenvalue weighted by molar-refractivity contribution is 5.31. The predicted octanol–water partition coefficient (Wildman–Crippen LogP) is 1.33. The van der Waals surface area contributed by atoms with E-state index in [2.05, 4.69) is 17.3 Å². The van der Waals surface area contributed by atoms with E-state index in [1.165, 1.54) is 29.8 Å². The molecule has 2 rings (SSSR count). The Kier molecular flexibility index (Phi) is 2.12. The van der Waals surface area contributed by atoms with Crippen molar-refractivity contribution in [2.45, 2.75) is 32.2 Å². The van der Waals surface area contributed by atoms with Gasteiger partial charge in [0.1, 0.15) is 0 Å². The van der Waals surface area contributed by atoms with Crippen molar-refractivity contribution in [2.75, 3.05) is 7.05 Å². The molecule has 1 unspecified atom stereocenters. The summed E-state index contributed by atoms with van der Waals surface area (Å²) in [5, 5.41) is 7.89. The molecule has 1 N–H and O–H groups in total. The van der Waals surface area contributed by atoms with Crippen molar-refractivity contribution in [1.29, 1.82) is 0 Å². The summed E-state index contributed by atoms with van der Waals surface area (Å²) >= 11 is 0. The molecule has 0 bridgehead atoms. The van der Waals surface area contributed by atoms with Crippen molar-refractivity contribution in [2.24, 2.45) is 7.05 Å². The van der Waals surface area contributed by atoms with Gasteiger partial charge < -0.3 is 5.32 Å². The Morgan fingerprint density at radius 1 is 1.54 bits per heavy atom. The number of aromatic nitrogens is 2. The fraction of sp³-hybridized carbons (Fsp3) is 0.700. The molecule has 0 saturated heterocycles. The summed E-state index contributed by atoms with van der Waals surface area (Å²) in [4.78, 5) is 0. The monoisotopic (exact) mass is 179 g/mol. The van der Waals surface area contributed by atoms with E-state index in [0.717, 1.165) is 6.42 Å². The van der Waals surface area contributed by atoms with Gasteiger partial charge >= 0.3 is 0 Å². The molecule has 72 valence electrons. The molecule has 1 aromatic rings. The molecule has 1 aliphatic carbocycles. The molecular formula is C10H17N3. The molecule has 1 aromatic heterocycles. The number of aryl methyl sites for hydroxylation is 2. The summed E-state index contributed by atoms with van der Waals surface area (Å²) in [5.41, 5.74) is 4.05. The lowest BCUT2D eigenvalue weighted by molar-refractivity contribution is 0.492. The van der Waals surface area contributed by atoms with Crippen LogP contribution in [0.2, 0.25) is 0 Å². The van der Waals surface area contributed by atoms with Gasteiger partial charge in [-0.15, -0.1) is 0 Å². The molecule has 3 heteroatoms. The van der Waals surface area contributed by atoms with Gasteiger partial charge in [0, 0.05) is 24.3 Å². The summed E-state index contributed by atoms with van der Waals surface area (Å²) in [6.07, 6.45) is 3.65. The van der Waals surface area contributed by atoms with Crippen molar-refractivity contribution in [3.63, 3.8) is 0 Å². The van der Waals surface area contributed by atoms with Gasteiger partial charge in [-0.05, 0) is 33.2 Å². The van der Waals surface area contributed by atoms with Crippen molar-refractivity contribution in [1.82, 2.24) is 15.1 Å². The van der Waals surface area contributed by atoms with E-state index in [1.54, 1.807) is 0 Å². The maximum atomic E-state index is 4.53. The molecule has 1 atom stereocenters. The molecular weight excluding hydrogens is 162 g/mol. The number of fused-ring (bicyclic) bond motifs is 1. The fourth-order valence-corrected chi connectivity index (χ4v) is 2.24. The second-order valence-electron chi connectivity index (χ2n) is 3.80. The van der Waals surface area contributed by atoms with E-state index in [0.29, 0.717) is 6.04 Å². The summed E-state index contributed by atoms with van der Waals surface area (Å²) in [6, 6.07) is 0.525. The molecule has 3 nitrogen and oxygen atoms in total. The number of nitrogens with zero attached hydrogens (tertiary/aromatic N) is 2. The lowest BCUT2D eigenvalue weighted by Gasteiger charge is -2.21. The third kappa shape index (κ3) is 1.27. The quantitative estimate of drug-likeness (QED) is 0.704. The summed E-state index contributed by atoms with van der Waals surface area (Å²) < 4.78 is 2.00. The Balaban J connectivity index is 2.47. The van der Waals surface area contributed by atoms with E-state index >= 15 is 0 Å². The highest BCUT2D eigenvalue weighted by Crippen LogP contribution is 2.30. The van der Waals surface area contributed by atoms with Gasteiger partial charge in [0.05, 0.1) is 5.69 Å². The average molecular weight is 179 g/mol. The minimum absolute atomic E-state index is 0.525. The van der Waals surface area contributed by atoms with Crippen LogP contribution < -0.4 is 5.32 Å². The van der Waals surface area contributed by atoms with Gasteiger partial charge in [0.25, 0.3) is 0 Å². The number of nitrogens with one attached hydrogen (secondary N) is 1. The number of rotatable bonds is 1. The van der Waals surface area contributed by atoms with Crippen molar-refractivity contribution in [3.8, 4) is 0 Å². The molecule has 0 spiro atoms. The first-order valence-corrected chi connectivity index (χ1v) is 4.93. The van der Waals surface area contributed by atoms with Gasteiger partial charge in [-0.25, -0.2) is 0 Å². The molecule has 0 fully saturated rings. The molecule has 0 saturated carbocycles. The van der Waals surface area contributed by atoms with Crippen LogP contribution in [0, 0.1) is 6.92 Å². The molecule has 0 aromatic carbocycles. The second kappa shape index (κ2) is 3.14. The summed E-state index contributed by atoms with van der Waals surface area (Å²) in [7, 11) is 4.06. The van der Waals surface area contributed by atoms with E-state index in [-0.39, 0.29) is 0 Å². The summed E-state index contributed by atoms with van der Waals surface area (Å²) in [6.45, 7) is 2.15. The standard InChI is InChI=1S/C10H17N3/c1-7-10-8(11-2)5-4-6-9(10)12-13(7)3/h8,11H,4-6H2,1-3H3. The van der Waals surface area contributed by atoms with Gasteiger partial charge in [-0.3, -0.25) is 4.68 Å². The third-order valence-electron chi connectivity index (χ3n) is 3.06. The Morgan fingerprint density at radius 3 is 3.00 bits per heavy atom. The van der Waals surface area contributed by atoms with Crippen molar-refractivity contribution >= 4 is 0 Å². The van der Waals surface area contributed by atoms with E-state index in [4.69, 9.17) is 0 Å². The Bertz CT molecular complexity index is 314. The predicted molar refractivity (Wildman–Crippen MR) is 52.7 cm³/mol. The molecule has 0 amide bonds. The fourth-order valence-electron chi connectivity index (χ4n) is 2.24. The van der Waals surface area contributed by atoms with Crippen molar-refractivity contribution < 1.29 is 0 Å². The molecule has 1 heterocycles. The smallest absolute Gasteiger partial charge is 0.0675 e. The van der Waals surface area contributed by atoms with E-state index in [1.807, 2.05) is 18.8 Å². The lowest BCUT2D eigenvalue weighted by atomic mass is 9.91. The Labute approximate surface area is 79.1 Å². The van der Waals surface area contributed by atoms with E-state index < -0.39 is 0 Å². The SMILES string of the molecule is CNC1CCCc2nn(C)c(C)c21. The average Bonchev–Trinajstić information content (AvgIpc) is 2.43. The van der Waals surface area contributed by atoms with Crippen LogP contribution in [0.3, 0.4) is 0 Å². The molecule has 0 radical (unpaired) electrons. The van der Waals surface area contributed by atoms with Gasteiger partial charge in [-0.1, -0.05) is 0 Å². The zero-order chi connectivity index (χ0) is 9.42. The van der Waals surface area contributed by atoms with Crippen LogP contribution in [0.25, 0.3) is 0 Å². The highest BCUT2D eigenvalue weighted by Gasteiger charge is 2.24. The maximum Gasteiger partial charge on any atom is 0.0675 e. The van der Waals surface area contributed by atoms with Crippen LogP contribution in [0.15, 0.2) is 0 Å². The number of hydrogen-bond donors (Lipinski definition) is 1. The second-order valence-corrected chi connectivity index (χ2v) is 3.80. The minimum Gasteiger partial charge on any atom is -0.313 e. The van der Waals surface area contributed by atoms with E-state index in [9.17, 15) is 0 Å². The third-order valence-corrected chi connectivity index (χ3v) is 3.06. The minimum atomic E-state index is 0.525. The van der Waals surface area contributed by atoms with Gasteiger partial charge in [0.2, 0.25) is 0 Å². The first-order chi connectivity index (χ1) is 6.24. The Hall–Kier alpha value is -0.830. The van der Waals surface area contributed by atoms with Crippen LogP contribution in [-0.4, -0.2) is 16.8 Å². The topological polar surface area (TPSA) is 29.9 Å². The lowest BCUT2D eigenvalue weighted by Crippen LogP contribution is -2.21.